The topological polar surface area (TPSA) is 77.5 Å². The van der Waals surface area contributed by atoms with Gasteiger partial charge in [-0.1, -0.05) is 29.8 Å². The molecule has 0 saturated carbocycles. The number of esters is 1. The van der Waals surface area contributed by atoms with Gasteiger partial charge in [0.2, 0.25) is 0 Å². The van der Waals surface area contributed by atoms with Gasteiger partial charge in [0.15, 0.2) is 12.4 Å². The Morgan fingerprint density at radius 2 is 1.93 bits per heavy atom. The van der Waals surface area contributed by atoms with Crippen LogP contribution in [-0.4, -0.2) is 23.5 Å². The van der Waals surface area contributed by atoms with Gasteiger partial charge in [0.05, 0.1) is 11.2 Å². The molecule has 0 aliphatic carbocycles. The molecule has 3 rings (SSSR count). The Hall–Kier alpha value is -3.45. The van der Waals surface area contributed by atoms with Crippen molar-refractivity contribution in [2.45, 2.75) is 6.92 Å². The van der Waals surface area contributed by atoms with Crippen LogP contribution in [-0.2, 0) is 14.3 Å². The van der Waals surface area contributed by atoms with E-state index in [1.807, 2.05) is 37.3 Å². The van der Waals surface area contributed by atoms with Crippen LogP contribution in [0, 0.1) is 6.92 Å². The second kappa shape index (κ2) is 9.48. The smallest absolute Gasteiger partial charge is 0.331 e. The normalized spacial score (nSPS) is 10.6. The van der Waals surface area contributed by atoms with Crippen molar-refractivity contribution < 1.29 is 19.1 Å². The maximum Gasteiger partial charge on any atom is 0.331 e. The summed E-state index contributed by atoms with van der Waals surface area (Å²) in [6.45, 7) is 1.59. The molecule has 1 heterocycles. The molecule has 7 heteroatoms. The van der Waals surface area contributed by atoms with Crippen molar-refractivity contribution in [2.24, 2.45) is 0 Å². The third kappa shape index (κ3) is 5.78. The second-order valence-electron chi connectivity index (χ2n) is 5.80. The number of hydrogen-bond donors (Lipinski definition) is 1. The Balaban J connectivity index is 1.55. The summed E-state index contributed by atoms with van der Waals surface area (Å²) >= 11 is 1.40. The fourth-order valence-electron chi connectivity index (χ4n) is 2.22. The van der Waals surface area contributed by atoms with Crippen LogP contribution >= 0.6 is 11.3 Å². The summed E-state index contributed by atoms with van der Waals surface area (Å²) in [5.74, 6) is 0.0929. The Labute approximate surface area is 166 Å². The van der Waals surface area contributed by atoms with Crippen molar-refractivity contribution in [3.8, 4) is 11.5 Å². The molecule has 142 valence electrons. The zero-order valence-corrected chi connectivity index (χ0v) is 15.9. The fourth-order valence-corrected chi connectivity index (χ4v) is 2.73. The first-order valence-electron chi connectivity index (χ1n) is 8.47. The highest BCUT2D eigenvalue weighted by Crippen LogP contribution is 2.29. The molecule has 0 fully saturated rings. The van der Waals surface area contributed by atoms with Crippen LogP contribution < -0.4 is 10.1 Å². The van der Waals surface area contributed by atoms with Gasteiger partial charge in [-0.3, -0.25) is 9.78 Å². The van der Waals surface area contributed by atoms with Crippen LogP contribution in [0.15, 0.2) is 66.3 Å². The van der Waals surface area contributed by atoms with E-state index in [1.165, 1.54) is 17.4 Å². The summed E-state index contributed by atoms with van der Waals surface area (Å²) < 4.78 is 10.8. The molecule has 1 amide bonds. The van der Waals surface area contributed by atoms with Gasteiger partial charge in [-0.25, -0.2) is 4.79 Å². The largest absolute Gasteiger partial charge is 0.455 e. The Morgan fingerprint density at radius 1 is 1.14 bits per heavy atom. The van der Waals surface area contributed by atoms with Gasteiger partial charge in [-0.15, -0.1) is 11.3 Å². The van der Waals surface area contributed by atoms with Gasteiger partial charge >= 0.3 is 5.97 Å². The van der Waals surface area contributed by atoms with Crippen molar-refractivity contribution in [3.63, 3.8) is 0 Å². The van der Waals surface area contributed by atoms with E-state index >= 15 is 0 Å². The minimum Gasteiger partial charge on any atom is -0.455 e. The first-order chi connectivity index (χ1) is 13.6. The summed E-state index contributed by atoms with van der Waals surface area (Å²) in [6, 6.07) is 14.6. The molecule has 0 atom stereocenters. The quantitative estimate of drug-likeness (QED) is 0.474. The third-order valence-electron chi connectivity index (χ3n) is 3.59. The highest BCUT2D eigenvalue weighted by atomic mass is 32.1. The van der Waals surface area contributed by atoms with E-state index in [0.29, 0.717) is 17.2 Å². The summed E-state index contributed by atoms with van der Waals surface area (Å²) in [4.78, 5) is 28.5. The highest BCUT2D eigenvalue weighted by Gasteiger charge is 2.10. The van der Waals surface area contributed by atoms with Gasteiger partial charge in [-0.05, 0) is 37.3 Å². The number of rotatable bonds is 7. The molecule has 3 aromatic rings. The lowest BCUT2D eigenvalue weighted by Crippen LogP contribution is -2.20. The zero-order chi connectivity index (χ0) is 19.8. The lowest BCUT2D eigenvalue weighted by atomic mass is 10.2. The molecule has 6 nitrogen and oxygen atoms in total. The van der Waals surface area contributed by atoms with Gasteiger partial charge in [0.1, 0.15) is 5.75 Å². The summed E-state index contributed by atoms with van der Waals surface area (Å²) in [6.07, 6.45) is 4.48. The fraction of sp³-hybridized carbons (Fsp3) is 0.0952. The van der Waals surface area contributed by atoms with E-state index in [4.69, 9.17) is 9.47 Å². The number of para-hydroxylation sites is 2. The number of nitrogens with zero attached hydrogens (tertiary/aromatic N) is 1. The molecular weight excluding hydrogens is 376 g/mol. The summed E-state index contributed by atoms with van der Waals surface area (Å²) in [5.41, 5.74) is 3.28. The molecular formula is C21H18N2O4S. The van der Waals surface area contributed by atoms with Gasteiger partial charge in [0, 0.05) is 17.2 Å². The van der Waals surface area contributed by atoms with Crippen molar-refractivity contribution in [3.05, 3.63) is 76.8 Å². The summed E-state index contributed by atoms with van der Waals surface area (Å²) in [5, 5.41) is 2.69. The molecule has 0 bridgehead atoms. The van der Waals surface area contributed by atoms with Crippen LogP contribution in [0.2, 0.25) is 0 Å². The Bertz CT molecular complexity index is 966. The number of aryl methyl sites for hydroxylation is 1. The molecule has 1 aromatic heterocycles. The monoisotopic (exact) mass is 394 g/mol. The molecule has 0 aliphatic heterocycles. The van der Waals surface area contributed by atoms with E-state index in [9.17, 15) is 9.59 Å². The van der Waals surface area contributed by atoms with Crippen molar-refractivity contribution >= 4 is 35.0 Å². The highest BCUT2D eigenvalue weighted by molar-refractivity contribution is 7.10. The van der Waals surface area contributed by atoms with E-state index in [0.717, 1.165) is 10.4 Å². The number of ether oxygens (including phenoxy) is 2. The minimum atomic E-state index is -0.604. The number of thiazole rings is 1. The number of hydrogen-bond acceptors (Lipinski definition) is 6. The number of anilines is 1. The number of carbonyl (C=O) groups is 2. The minimum absolute atomic E-state index is 0.398. The van der Waals surface area contributed by atoms with Crippen LogP contribution in [0.25, 0.3) is 6.08 Å². The molecule has 0 unspecified atom stereocenters. The van der Waals surface area contributed by atoms with E-state index in [-0.39, 0.29) is 0 Å². The van der Waals surface area contributed by atoms with Crippen molar-refractivity contribution in [1.29, 1.82) is 0 Å². The average molecular weight is 394 g/mol. The maximum atomic E-state index is 12.1. The number of aromatic nitrogens is 1. The van der Waals surface area contributed by atoms with E-state index < -0.39 is 18.5 Å². The van der Waals surface area contributed by atoms with Crippen LogP contribution in [0.3, 0.4) is 0 Å². The van der Waals surface area contributed by atoms with Crippen molar-refractivity contribution in [2.75, 3.05) is 11.9 Å². The standard InChI is InChI=1S/C21H18N2O4S/c1-15-6-8-16(9-7-15)27-19-5-3-2-4-18(19)23-20(24)13-26-21(25)11-10-17-12-22-14-28-17/h2-12,14H,13H2,1H3,(H,23,24)/b11-10+. The molecule has 0 aliphatic rings. The average Bonchev–Trinajstić information content (AvgIpc) is 3.22. The predicted molar refractivity (Wildman–Crippen MR) is 108 cm³/mol. The predicted octanol–water partition coefficient (Wildman–Crippen LogP) is 4.44. The van der Waals surface area contributed by atoms with E-state index in [2.05, 4.69) is 10.3 Å². The third-order valence-corrected chi connectivity index (χ3v) is 4.33. The number of nitrogens with one attached hydrogen (secondary N) is 1. The van der Waals surface area contributed by atoms with Gasteiger partial charge in [-0.2, -0.15) is 0 Å². The van der Waals surface area contributed by atoms with Gasteiger partial charge in [0.25, 0.3) is 5.91 Å². The zero-order valence-electron chi connectivity index (χ0n) is 15.1. The maximum absolute atomic E-state index is 12.1. The Morgan fingerprint density at radius 3 is 2.68 bits per heavy atom. The number of benzene rings is 2. The Kier molecular flexibility index (Phi) is 6.54. The number of carbonyl (C=O) groups excluding carboxylic acids is 2. The molecule has 1 N–H and O–H groups in total. The molecule has 2 aromatic carbocycles. The van der Waals surface area contributed by atoms with Gasteiger partial charge < -0.3 is 14.8 Å². The van der Waals surface area contributed by atoms with Crippen LogP contribution in [0.1, 0.15) is 10.4 Å². The lowest BCUT2D eigenvalue weighted by Gasteiger charge is -2.12. The van der Waals surface area contributed by atoms with E-state index in [1.54, 1.807) is 36.0 Å². The lowest BCUT2D eigenvalue weighted by molar-refractivity contribution is -0.142. The van der Waals surface area contributed by atoms with Crippen molar-refractivity contribution in [1.82, 2.24) is 4.98 Å². The molecule has 0 radical (unpaired) electrons. The molecule has 0 spiro atoms. The molecule has 28 heavy (non-hydrogen) atoms. The first-order valence-corrected chi connectivity index (χ1v) is 9.35. The SMILES string of the molecule is Cc1ccc(Oc2ccccc2NC(=O)COC(=O)/C=C/c2cncs2)cc1. The first kappa shape index (κ1) is 19.3. The molecule has 0 saturated heterocycles. The van der Waals surface area contributed by atoms with Crippen LogP contribution in [0.4, 0.5) is 5.69 Å². The van der Waals surface area contributed by atoms with Crippen LogP contribution in [0.5, 0.6) is 11.5 Å². The summed E-state index contributed by atoms with van der Waals surface area (Å²) in [7, 11) is 0. The second-order valence-corrected chi connectivity index (χ2v) is 6.72. The number of amides is 1.